The van der Waals surface area contributed by atoms with Crippen LogP contribution in [0.3, 0.4) is 0 Å². The van der Waals surface area contributed by atoms with E-state index in [0.717, 1.165) is 25.7 Å². The lowest BCUT2D eigenvalue weighted by Crippen LogP contribution is -2.29. The Balaban J connectivity index is 1.79. The van der Waals surface area contributed by atoms with Crippen molar-refractivity contribution in [1.82, 2.24) is 14.9 Å². The first-order chi connectivity index (χ1) is 18.0. The van der Waals surface area contributed by atoms with Crippen molar-refractivity contribution >= 4 is 28.6 Å². The maximum absolute atomic E-state index is 14.7. The first kappa shape index (κ1) is 23.7. The molecule has 1 aliphatic rings. The molecule has 2 heterocycles. The average Bonchev–Trinajstić information content (AvgIpc) is 3.23. The van der Waals surface area contributed by atoms with Crippen LogP contribution in [0.15, 0.2) is 40.0 Å². The minimum absolute atomic E-state index is 0.118. The number of fused-ring (bicyclic) bond motifs is 1. The summed E-state index contributed by atoms with van der Waals surface area (Å²) in [5, 5.41) is 2.57. The molecule has 3 aromatic rings. The monoisotopic (exact) mass is 519 g/mol. The number of thioether (sulfide) groups is 1. The Bertz CT molecular complexity index is 1380. The second-order valence-corrected chi connectivity index (χ2v) is 10.1. The third kappa shape index (κ3) is 5.09. The number of nitrogens with one attached hydrogen (secondary N) is 2. The van der Waals surface area contributed by atoms with Gasteiger partial charge in [0.25, 0.3) is 17.9 Å². The molecule has 0 spiro atoms. The number of hydrogen-bond donors (Lipinski definition) is 2. The molecule has 9 heteroatoms. The zero-order valence-electron chi connectivity index (χ0n) is 22.9. The molecule has 1 atom stereocenters. The standard InChI is InChI=1S/C27H33F2N3O3S/c1-15-13-22(36-4)20(26(33)31-15)14-30-27(34)23-19-7-5-6-8-21(19)32(24(23)25(28)29)16(2)17-9-11-18(35-3)12-10-17/h5-8,13,16-18,25H,9-12,14H2,1-4H3,(H,30,34)(H,31,33)/t16-,17?,18?/m1/s1/i14D2. The highest BCUT2D eigenvalue weighted by molar-refractivity contribution is 7.98. The van der Waals surface area contributed by atoms with E-state index in [2.05, 4.69) is 10.3 Å². The van der Waals surface area contributed by atoms with Gasteiger partial charge in [-0.25, -0.2) is 8.78 Å². The number of aromatic amines is 1. The zero-order chi connectivity index (χ0) is 27.8. The van der Waals surface area contributed by atoms with Crippen molar-refractivity contribution in [2.24, 2.45) is 5.92 Å². The number of pyridine rings is 1. The molecule has 0 aliphatic heterocycles. The number of rotatable bonds is 8. The minimum atomic E-state index is -2.98. The number of ether oxygens (including phenoxy) is 1. The van der Waals surface area contributed by atoms with Crippen LogP contribution in [-0.2, 0) is 11.2 Å². The highest BCUT2D eigenvalue weighted by atomic mass is 32.2. The summed E-state index contributed by atoms with van der Waals surface area (Å²) in [5.41, 5.74) is -0.629. The van der Waals surface area contributed by atoms with E-state index in [9.17, 15) is 18.4 Å². The van der Waals surface area contributed by atoms with Crippen LogP contribution in [-0.4, -0.2) is 34.9 Å². The maximum atomic E-state index is 14.7. The molecule has 194 valence electrons. The zero-order valence-corrected chi connectivity index (χ0v) is 21.7. The lowest BCUT2D eigenvalue weighted by Gasteiger charge is -2.33. The van der Waals surface area contributed by atoms with Crippen molar-refractivity contribution < 1.29 is 21.1 Å². The number of carbonyl (C=O) groups is 1. The molecule has 2 N–H and O–H groups in total. The lowest BCUT2D eigenvalue weighted by molar-refractivity contribution is 0.0478. The van der Waals surface area contributed by atoms with E-state index in [1.807, 2.05) is 6.92 Å². The predicted octanol–water partition coefficient (Wildman–Crippen LogP) is 5.99. The van der Waals surface area contributed by atoms with Gasteiger partial charge >= 0.3 is 0 Å². The van der Waals surface area contributed by atoms with Gasteiger partial charge in [0.1, 0.15) is 0 Å². The molecular weight excluding hydrogens is 484 g/mol. The van der Waals surface area contributed by atoms with Crippen LogP contribution in [0, 0.1) is 12.8 Å². The third-order valence-electron chi connectivity index (χ3n) is 7.18. The highest BCUT2D eigenvalue weighted by Gasteiger charge is 2.34. The smallest absolute Gasteiger partial charge is 0.279 e. The molecule has 6 nitrogen and oxygen atoms in total. The number of methoxy groups -OCH3 is 1. The van der Waals surface area contributed by atoms with Crippen LogP contribution in [0.1, 0.15) is 75.1 Å². The van der Waals surface area contributed by atoms with Gasteiger partial charge in [-0.1, -0.05) is 18.2 Å². The molecule has 0 saturated heterocycles. The number of halogens is 2. The highest BCUT2D eigenvalue weighted by Crippen LogP contribution is 2.41. The maximum Gasteiger partial charge on any atom is 0.279 e. The first-order valence-electron chi connectivity index (χ1n) is 13.0. The van der Waals surface area contributed by atoms with Crippen molar-refractivity contribution in [3.05, 3.63) is 63.2 Å². The molecule has 4 rings (SSSR count). The molecule has 0 bridgehead atoms. The largest absolute Gasteiger partial charge is 0.381 e. The summed E-state index contributed by atoms with van der Waals surface area (Å²) in [6, 6.07) is 8.01. The summed E-state index contributed by atoms with van der Waals surface area (Å²) >= 11 is 1.17. The van der Waals surface area contributed by atoms with Crippen LogP contribution in [0.4, 0.5) is 8.78 Å². The number of aromatic nitrogens is 2. The summed E-state index contributed by atoms with van der Waals surface area (Å²) in [5.74, 6) is -0.880. The van der Waals surface area contributed by atoms with Crippen LogP contribution < -0.4 is 10.9 Å². The summed E-state index contributed by atoms with van der Waals surface area (Å²) in [6.07, 6.45) is 2.18. The van der Waals surface area contributed by atoms with E-state index >= 15 is 0 Å². The fourth-order valence-corrected chi connectivity index (χ4v) is 5.95. The predicted molar refractivity (Wildman–Crippen MR) is 139 cm³/mol. The van der Waals surface area contributed by atoms with Gasteiger partial charge in [-0.15, -0.1) is 11.8 Å². The molecule has 1 fully saturated rings. The molecule has 1 aromatic carbocycles. The number of hydrogen-bond acceptors (Lipinski definition) is 4. The average molecular weight is 520 g/mol. The van der Waals surface area contributed by atoms with E-state index in [0.29, 0.717) is 21.5 Å². The summed E-state index contributed by atoms with van der Waals surface area (Å²) < 4.78 is 53.6. The first-order valence-corrected chi connectivity index (χ1v) is 13.3. The fourth-order valence-electron chi connectivity index (χ4n) is 5.31. The van der Waals surface area contributed by atoms with Crippen LogP contribution in [0.5, 0.6) is 0 Å². The Kier molecular flexibility index (Phi) is 7.36. The summed E-state index contributed by atoms with van der Waals surface area (Å²) in [4.78, 5) is 29.2. The van der Waals surface area contributed by atoms with Gasteiger partial charge in [0, 0.05) is 46.7 Å². The quantitative estimate of drug-likeness (QED) is 0.358. The third-order valence-corrected chi connectivity index (χ3v) is 7.94. The number of alkyl halides is 2. The van der Waals surface area contributed by atoms with Crippen molar-refractivity contribution in [3.8, 4) is 0 Å². The Morgan fingerprint density at radius 1 is 1.31 bits per heavy atom. The topological polar surface area (TPSA) is 76.1 Å². The van der Waals surface area contributed by atoms with Crippen molar-refractivity contribution in [2.75, 3.05) is 13.4 Å². The Morgan fingerprint density at radius 3 is 2.64 bits per heavy atom. The van der Waals surface area contributed by atoms with Gasteiger partial charge in [0.2, 0.25) is 0 Å². The van der Waals surface area contributed by atoms with Crippen molar-refractivity contribution in [1.29, 1.82) is 0 Å². The van der Waals surface area contributed by atoms with E-state index in [1.54, 1.807) is 55.2 Å². The van der Waals surface area contributed by atoms with Crippen LogP contribution in [0.25, 0.3) is 10.9 Å². The van der Waals surface area contributed by atoms with E-state index in [1.165, 1.54) is 11.8 Å². The SMILES string of the molecule is [2H]C([2H])(NC(=O)c1c(C(F)F)n([C@H](C)C2CCC(OC)CC2)c2ccccc12)c1c(SC)cc(C)[nH]c1=O. The van der Waals surface area contributed by atoms with E-state index < -0.39 is 30.1 Å². The molecule has 1 aliphatic carbocycles. The number of para-hydroxylation sites is 1. The molecule has 2 aromatic heterocycles. The summed E-state index contributed by atoms with van der Waals surface area (Å²) in [6.45, 7) is 0.961. The number of benzene rings is 1. The Labute approximate surface area is 216 Å². The van der Waals surface area contributed by atoms with Gasteiger partial charge in [-0.3, -0.25) is 9.59 Å². The van der Waals surface area contributed by atoms with Gasteiger partial charge in [-0.05, 0) is 63.8 Å². The molecule has 1 amide bonds. The molecule has 0 radical (unpaired) electrons. The molecule has 36 heavy (non-hydrogen) atoms. The van der Waals surface area contributed by atoms with Gasteiger partial charge in [-0.2, -0.15) is 0 Å². The lowest BCUT2D eigenvalue weighted by atomic mass is 9.83. The number of amides is 1. The Morgan fingerprint density at radius 2 is 2.00 bits per heavy atom. The normalized spacial score (nSPS) is 20.3. The summed E-state index contributed by atoms with van der Waals surface area (Å²) in [7, 11) is 1.68. The molecular formula is C27H33F2N3O3S. The van der Waals surface area contributed by atoms with Crippen molar-refractivity contribution in [3.63, 3.8) is 0 Å². The van der Waals surface area contributed by atoms with Gasteiger partial charge in [0.15, 0.2) is 0 Å². The second-order valence-electron chi connectivity index (χ2n) is 9.27. The van der Waals surface area contributed by atoms with E-state index in [-0.39, 0.29) is 29.2 Å². The fraction of sp³-hybridized carbons (Fsp3) is 0.481. The number of H-pyrrole nitrogens is 1. The molecule has 1 saturated carbocycles. The number of carbonyl (C=O) groups excluding carboxylic acids is 1. The Hall–Kier alpha value is -2.65. The van der Waals surface area contributed by atoms with Gasteiger partial charge < -0.3 is 19.6 Å². The van der Waals surface area contributed by atoms with Crippen molar-refractivity contribution in [2.45, 2.75) is 69.5 Å². The van der Waals surface area contributed by atoms with Crippen LogP contribution >= 0.6 is 11.8 Å². The van der Waals surface area contributed by atoms with Gasteiger partial charge in [0.05, 0.1) is 20.1 Å². The number of aryl methyl sites for hydroxylation is 1. The van der Waals surface area contributed by atoms with E-state index in [4.69, 9.17) is 7.48 Å². The van der Waals surface area contributed by atoms with Crippen LogP contribution in [0.2, 0.25) is 0 Å². The minimum Gasteiger partial charge on any atom is -0.381 e. The second kappa shape index (κ2) is 11.2. The molecule has 0 unspecified atom stereocenters. The number of nitrogens with zero attached hydrogens (tertiary/aromatic N) is 1.